The third-order valence-electron chi connectivity index (χ3n) is 0.220. The number of nitrogens with two attached hydrogens (primary N) is 1. The zero-order valence-corrected chi connectivity index (χ0v) is 7.15. The van der Waals surface area contributed by atoms with Crippen molar-refractivity contribution in [2.75, 3.05) is 6.26 Å². The zero-order valence-electron chi connectivity index (χ0n) is 3.80. The first kappa shape index (κ1) is 15.6. The summed E-state index contributed by atoms with van der Waals surface area (Å²) >= 11 is 1.24. The Morgan fingerprint density at radius 3 is 1.86 bits per heavy atom. The largest absolute Gasteiger partial charge is 0.379 e. The predicted octanol–water partition coefficient (Wildman–Crippen LogP) is 1.24. The number of nitrogens with one attached hydrogen (secondary N) is 1. The smallest absolute Gasteiger partial charge is 0.150 e. The first-order chi connectivity index (χ1) is 2.27. The van der Waals surface area contributed by atoms with Gasteiger partial charge in [0.2, 0.25) is 0 Å². The van der Waals surface area contributed by atoms with Crippen LogP contribution in [-0.2, 0) is 0 Å². The maximum absolute atomic E-state index is 6.48. The molecule has 0 aliphatic heterocycles. The molecule has 0 heterocycles. The van der Waals surface area contributed by atoms with Crippen molar-refractivity contribution in [3.63, 3.8) is 0 Å². The average molecular weight is 208 g/mol. The van der Waals surface area contributed by atoms with Crippen molar-refractivity contribution >= 4 is 46.3 Å². The van der Waals surface area contributed by atoms with Crippen molar-refractivity contribution in [3.8, 4) is 0 Å². The van der Waals surface area contributed by atoms with Crippen molar-refractivity contribution in [2.24, 2.45) is 5.73 Å². The number of thioether (sulfide) groups is 1. The van der Waals surface area contributed by atoms with Crippen LogP contribution in [0.25, 0.3) is 0 Å². The highest BCUT2D eigenvalue weighted by Gasteiger charge is 1.71. The van der Waals surface area contributed by atoms with Crippen molar-refractivity contribution in [2.45, 2.75) is 0 Å². The number of hydrogen-bond acceptors (Lipinski definition) is 2. The highest BCUT2D eigenvalue weighted by molar-refractivity contribution is 8.93. The van der Waals surface area contributed by atoms with Crippen molar-refractivity contribution < 1.29 is 0 Å². The highest BCUT2D eigenvalue weighted by atomic mass is 79.9. The van der Waals surface area contributed by atoms with E-state index in [1.807, 2.05) is 0 Å². The van der Waals surface area contributed by atoms with Gasteiger partial charge < -0.3 is 5.73 Å². The Labute approximate surface area is 63.9 Å². The van der Waals surface area contributed by atoms with Crippen LogP contribution < -0.4 is 5.73 Å². The van der Waals surface area contributed by atoms with E-state index >= 15 is 0 Å². The van der Waals surface area contributed by atoms with Gasteiger partial charge >= 0.3 is 0 Å². The minimum absolute atomic E-state index is 0. The Bertz CT molecular complexity index is 51.0. The topological polar surface area (TPSA) is 49.9 Å². The van der Waals surface area contributed by atoms with Crippen LogP contribution in [0.3, 0.4) is 0 Å². The minimum atomic E-state index is 0. The molecule has 3 N–H and O–H groups in total. The molecule has 0 unspecified atom stereocenters. The first-order valence-corrected chi connectivity index (χ1v) is 2.38. The number of hydrogen-bond donors (Lipinski definition) is 2. The van der Waals surface area contributed by atoms with Gasteiger partial charge in [-0.3, -0.25) is 5.41 Å². The molecule has 0 amide bonds. The first-order valence-electron chi connectivity index (χ1n) is 1.15. The van der Waals surface area contributed by atoms with Crippen LogP contribution in [0.4, 0.5) is 0 Å². The second-order valence-electron chi connectivity index (χ2n) is 0.568. The van der Waals surface area contributed by atoms with Crippen LogP contribution in [0.1, 0.15) is 0 Å². The fourth-order valence-electron chi connectivity index (χ4n) is 0. The molecule has 5 heteroatoms. The third-order valence-corrected chi connectivity index (χ3v) is 0.660. The molecule has 7 heavy (non-hydrogen) atoms. The summed E-state index contributed by atoms with van der Waals surface area (Å²) in [6.45, 7) is 0. The molecule has 0 spiro atoms. The van der Waals surface area contributed by atoms with Crippen LogP contribution in [-0.4, -0.2) is 11.4 Å². The molecule has 0 bridgehead atoms. The van der Waals surface area contributed by atoms with E-state index in [2.05, 4.69) is 0 Å². The summed E-state index contributed by atoms with van der Waals surface area (Å²) in [7, 11) is 0. The van der Waals surface area contributed by atoms with Gasteiger partial charge in [0.15, 0.2) is 5.17 Å². The lowest BCUT2D eigenvalue weighted by Gasteiger charge is -1.78. The zero-order chi connectivity index (χ0) is 4.28. The molecular formula is C2H8BrClN2S. The summed E-state index contributed by atoms with van der Waals surface area (Å²) in [5, 5.41) is 6.66. The second kappa shape index (κ2) is 9.77. The molecule has 0 aromatic rings. The molecule has 0 aromatic carbocycles. The molecule has 0 rings (SSSR count). The van der Waals surface area contributed by atoms with Crippen LogP contribution in [0.15, 0.2) is 0 Å². The summed E-state index contributed by atoms with van der Waals surface area (Å²) in [4.78, 5) is 0. The Balaban J connectivity index is -0.0000000800. The van der Waals surface area contributed by atoms with Crippen LogP contribution in [0.5, 0.6) is 0 Å². The monoisotopic (exact) mass is 206 g/mol. The van der Waals surface area contributed by atoms with Gasteiger partial charge in [0.05, 0.1) is 0 Å². The maximum Gasteiger partial charge on any atom is 0.150 e. The van der Waals surface area contributed by atoms with Gasteiger partial charge in [-0.15, -0.1) is 29.4 Å². The standard InChI is InChI=1S/C2H6N2S.BrH.ClH/c1-5-2(3)4;;/h1H3,(H3,3,4);2*1H. The van der Waals surface area contributed by atoms with E-state index in [1.165, 1.54) is 11.8 Å². The van der Waals surface area contributed by atoms with E-state index in [0.29, 0.717) is 0 Å². The van der Waals surface area contributed by atoms with Gasteiger partial charge in [0, 0.05) is 0 Å². The quantitative estimate of drug-likeness (QED) is 0.464. The molecule has 0 aliphatic rings. The lowest BCUT2D eigenvalue weighted by Crippen LogP contribution is -2.01. The van der Waals surface area contributed by atoms with E-state index in [-0.39, 0.29) is 34.6 Å². The number of halogens is 2. The Morgan fingerprint density at radius 2 is 1.86 bits per heavy atom. The van der Waals surface area contributed by atoms with Crippen LogP contribution >= 0.6 is 41.2 Å². The molecule has 0 aromatic heterocycles. The molecule has 0 saturated heterocycles. The van der Waals surface area contributed by atoms with E-state index in [0.717, 1.165) is 0 Å². The molecule has 0 aliphatic carbocycles. The average Bonchev–Trinajstić information content (AvgIpc) is 1.38. The van der Waals surface area contributed by atoms with Gasteiger partial charge in [-0.1, -0.05) is 11.8 Å². The molecule has 0 fully saturated rings. The fourth-order valence-corrected chi connectivity index (χ4v) is 0. The lowest BCUT2D eigenvalue weighted by atomic mass is 11.4. The molecular weight excluding hydrogens is 199 g/mol. The number of amidine groups is 1. The van der Waals surface area contributed by atoms with Crippen molar-refractivity contribution in [3.05, 3.63) is 0 Å². The summed E-state index contributed by atoms with van der Waals surface area (Å²) in [6, 6.07) is 0. The van der Waals surface area contributed by atoms with Crippen LogP contribution in [0.2, 0.25) is 0 Å². The van der Waals surface area contributed by atoms with Crippen molar-refractivity contribution in [1.29, 1.82) is 5.41 Å². The molecule has 2 nitrogen and oxygen atoms in total. The third kappa shape index (κ3) is 20.7. The molecule has 0 atom stereocenters. The van der Waals surface area contributed by atoms with Gasteiger partial charge in [0.25, 0.3) is 0 Å². The summed E-state index contributed by atoms with van der Waals surface area (Å²) in [6.07, 6.45) is 1.77. The highest BCUT2D eigenvalue weighted by Crippen LogP contribution is 1.83. The minimum Gasteiger partial charge on any atom is -0.379 e. The van der Waals surface area contributed by atoms with Crippen molar-refractivity contribution in [1.82, 2.24) is 0 Å². The van der Waals surface area contributed by atoms with Gasteiger partial charge in [-0.25, -0.2) is 0 Å². The van der Waals surface area contributed by atoms with E-state index < -0.39 is 0 Å². The summed E-state index contributed by atoms with van der Waals surface area (Å²) < 4.78 is 0. The van der Waals surface area contributed by atoms with E-state index in [1.54, 1.807) is 6.26 Å². The molecule has 0 radical (unpaired) electrons. The Kier molecular flexibility index (Phi) is 21.8. The van der Waals surface area contributed by atoms with Crippen LogP contribution in [0, 0.1) is 5.41 Å². The SMILES string of the molecule is Br.CSC(=N)N.Cl. The summed E-state index contributed by atoms with van der Waals surface area (Å²) in [5.41, 5.74) is 4.84. The van der Waals surface area contributed by atoms with Gasteiger partial charge in [0.1, 0.15) is 0 Å². The molecule has 0 saturated carbocycles. The Hall–Kier alpha value is 0.590. The Morgan fingerprint density at radius 1 is 1.71 bits per heavy atom. The predicted molar refractivity (Wildman–Crippen MR) is 43.0 cm³/mol. The molecule has 46 valence electrons. The lowest BCUT2D eigenvalue weighted by molar-refractivity contribution is 1.51. The van der Waals surface area contributed by atoms with Gasteiger partial charge in [-0.05, 0) is 6.26 Å². The number of rotatable bonds is 0. The van der Waals surface area contributed by atoms with E-state index in [4.69, 9.17) is 11.1 Å². The maximum atomic E-state index is 6.48. The van der Waals surface area contributed by atoms with Gasteiger partial charge in [-0.2, -0.15) is 0 Å². The second-order valence-corrected chi connectivity index (χ2v) is 1.42. The summed E-state index contributed by atoms with van der Waals surface area (Å²) in [5.74, 6) is 0. The van der Waals surface area contributed by atoms with E-state index in [9.17, 15) is 0 Å². The fraction of sp³-hybridized carbons (Fsp3) is 0.500. The normalized spacial score (nSPS) is 5.29.